The highest BCUT2D eigenvalue weighted by atomic mass is 35.5. The molecule has 4 nitrogen and oxygen atoms in total. The molecule has 0 N–H and O–H groups in total. The van der Waals surface area contributed by atoms with Crippen LogP contribution in [0.1, 0.15) is 25.7 Å². The number of fused-ring (bicyclic) bond motifs is 1. The van der Waals surface area contributed by atoms with Gasteiger partial charge in [0.1, 0.15) is 23.2 Å². The Morgan fingerprint density at radius 2 is 2.10 bits per heavy atom. The molecule has 1 amide bonds. The molecule has 1 saturated heterocycles. The number of carbonyl (C=O) groups excluding carboxylic acids is 1. The minimum atomic E-state index is -1.10. The molecule has 1 aliphatic heterocycles. The van der Waals surface area contributed by atoms with E-state index in [1.54, 1.807) is 0 Å². The molecular weight excluding hydrogens is 313 g/mol. The molecule has 1 fully saturated rings. The fourth-order valence-electron chi connectivity index (χ4n) is 2.62. The number of hydrogen-bond donors (Lipinski definition) is 0. The largest absolute Gasteiger partial charge is 0.458 e. The zero-order chi connectivity index (χ0) is 15.2. The Bertz CT molecular complexity index is 647. The Hall–Kier alpha value is -1.23. The van der Waals surface area contributed by atoms with Crippen molar-refractivity contribution in [1.82, 2.24) is 4.90 Å². The van der Waals surface area contributed by atoms with Crippen LogP contribution in [-0.2, 0) is 9.53 Å². The Morgan fingerprint density at radius 1 is 1.38 bits per heavy atom. The minimum Gasteiger partial charge on any atom is -0.458 e. The van der Waals surface area contributed by atoms with Crippen molar-refractivity contribution in [3.8, 4) is 0 Å². The maximum absolute atomic E-state index is 12.1. The van der Waals surface area contributed by atoms with Crippen molar-refractivity contribution in [2.24, 2.45) is 0 Å². The lowest BCUT2D eigenvalue weighted by molar-refractivity contribution is -0.144. The van der Waals surface area contributed by atoms with Crippen LogP contribution in [0, 0.1) is 0 Å². The molecule has 2 aromatic rings. The lowest BCUT2D eigenvalue weighted by Crippen LogP contribution is -2.45. The van der Waals surface area contributed by atoms with E-state index in [4.69, 9.17) is 32.4 Å². The van der Waals surface area contributed by atoms with Crippen molar-refractivity contribution in [2.45, 2.75) is 30.5 Å². The summed E-state index contributed by atoms with van der Waals surface area (Å²) in [6.45, 7) is 3.98. The molecule has 112 valence electrons. The number of furan rings is 1. The lowest BCUT2D eigenvalue weighted by Gasteiger charge is -2.29. The predicted molar refractivity (Wildman–Crippen MR) is 81.3 cm³/mol. The van der Waals surface area contributed by atoms with Crippen LogP contribution >= 0.6 is 23.2 Å². The standard InChI is InChI=1S/C15H15Cl2NO3/c1-15(2)18(14(19)13(16)17)8-12(21-15)11-7-9-5-3-4-6-10(9)20-11/h3-7,12-13H,8H2,1-2H3. The molecule has 6 heteroatoms. The third-order valence-corrected chi connectivity index (χ3v) is 4.02. The number of alkyl halides is 2. The first-order valence-electron chi connectivity index (χ1n) is 6.64. The van der Waals surface area contributed by atoms with Gasteiger partial charge in [0.05, 0.1) is 6.54 Å². The number of hydrogen-bond acceptors (Lipinski definition) is 3. The molecule has 1 aromatic carbocycles. The monoisotopic (exact) mass is 327 g/mol. The SMILES string of the molecule is CC1(C)OC(c2cc3ccccc3o2)CN1C(=O)C(Cl)Cl. The molecule has 1 aliphatic rings. The van der Waals surface area contributed by atoms with E-state index in [0.29, 0.717) is 12.3 Å². The quantitative estimate of drug-likeness (QED) is 0.786. The Kier molecular flexibility index (Phi) is 3.64. The molecule has 0 bridgehead atoms. The van der Waals surface area contributed by atoms with E-state index in [2.05, 4.69) is 0 Å². The highest BCUT2D eigenvalue weighted by molar-refractivity contribution is 6.53. The number of nitrogens with zero attached hydrogens (tertiary/aromatic N) is 1. The van der Waals surface area contributed by atoms with E-state index in [1.165, 1.54) is 4.90 Å². The van der Waals surface area contributed by atoms with Crippen LogP contribution in [0.25, 0.3) is 11.0 Å². The first-order chi connectivity index (χ1) is 9.88. The van der Waals surface area contributed by atoms with E-state index in [9.17, 15) is 4.79 Å². The first kappa shape index (κ1) is 14.7. The van der Waals surface area contributed by atoms with Gasteiger partial charge in [-0.1, -0.05) is 41.4 Å². The predicted octanol–water partition coefficient (Wildman–Crippen LogP) is 3.87. The smallest absolute Gasteiger partial charge is 0.258 e. The van der Waals surface area contributed by atoms with Crippen molar-refractivity contribution in [3.63, 3.8) is 0 Å². The zero-order valence-corrected chi connectivity index (χ0v) is 13.2. The highest BCUT2D eigenvalue weighted by Gasteiger charge is 2.45. The van der Waals surface area contributed by atoms with Crippen LogP contribution in [0.3, 0.4) is 0 Å². The van der Waals surface area contributed by atoms with Crippen LogP contribution in [0.4, 0.5) is 0 Å². The fraction of sp³-hybridized carbons (Fsp3) is 0.400. The first-order valence-corrected chi connectivity index (χ1v) is 7.52. The summed E-state index contributed by atoms with van der Waals surface area (Å²) in [5.41, 5.74) is 0.0224. The summed E-state index contributed by atoms with van der Waals surface area (Å²) >= 11 is 11.4. The van der Waals surface area contributed by atoms with Crippen molar-refractivity contribution in [3.05, 3.63) is 36.1 Å². The molecule has 0 saturated carbocycles. The van der Waals surface area contributed by atoms with E-state index < -0.39 is 10.6 Å². The topological polar surface area (TPSA) is 42.7 Å². The highest BCUT2D eigenvalue weighted by Crippen LogP contribution is 2.38. The minimum absolute atomic E-state index is 0.330. The van der Waals surface area contributed by atoms with E-state index >= 15 is 0 Å². The van der Waals surface area contributed by atoms with Crippen LogP contribution in [-0.4, -0.2) is 27.9 Å². The summed E-state index contributed by atoms with van der Waals surface area (Å²) in [6.07, 6.45) is -0.330. The molecule has 0 radical (unpaired) electrons. The lowest BCUT2D eigenvalue weighted by atomic mass is 10.2. The molecular formula is C15H15Cl2NO3. The van der Waals surface area contributed by atoms with Crippen molar-refractivity contribution in [2.75, 3.05) is 6.54 Å². The maximum atomic E-state index is 12.1. The molecule has 3 rings (SSSR count). The van der Waals surface area contributed by atoms with E-state index in [-0.39, 0.29) is 12.0 Å². The second-order valence-electron chi connectivity index (χ2n) is 5.49. The maximum Gasteiger partial charge on any atom is 0.258 e. The molecule has 21 heavy (non-hydrogen) atoms. The van der Waals surface area contributed by atoms with Crippen molar-refractivity contribution >= 4 is 40.1 Å². The Balaban J connectivity index is 1.89. The third-order valence-electron chi connectivity index (χ3n) is 3.64. The van der Waals surface area contributed by atoms with E-state index in [0.717, 1.165) is 11.0 Å². The van der Waals surface area contributed by atoms with Gasteiger partial charge in [-0.15, -0.1) is 0 Å². The van der Waals surface area contributed by atoms with Crippen molar-refractivity contribution < 1.29 is 13.9 Å². The Labute approximate surface area is 132 Å². The summed E-state index contributed by atoms with van der Waals surface area (Å²) in [5, 5.41) is 1.01. The van der Waals surface area contributed by atoms with Gasteiger partial charge in [0.15, 0.2) is 4.84 Å². The van der Waals surface area contributed by atoms with Crippen LogP contribution in [0.2, 0.25) is 0 Å². The average Bonchev–Trinajstić information content (AvgIpc) is 2.98. The summed E-state index contributed by atoms with van der Waals surface area (Å²) in [5.74, 6) is 0.335. The summed E-state index contributed by atoms with van der Waals surface area (Å²) < 4.78 is 11.7. The van der Waals surface area contributed by atoms with Crippen LogP contribution < -0.4 is 0 Å². The molecule has 1 aromatic heterocycles. The summed E-state index contributed by atoms with van der Waals surface area (Å²) in [7, 11) is 0. The number of carbonyl (C=O) groups is 1. The Morgan fingerprint density at radius 3 is 2.76 bits per heavy atom. The van der Waals surface area contributed by atoms with Gasteiger partial charge < -0.3 is 14.1 Å². The molecule has 0 aliphatic carbocycles. The average molecular weight is 328 g/mol. The number of amides is 1. The second-order valence-corrected chi connectivity index (χ2v) is 6.59. The van der Waals surface area contributed by atoms with Gasteiger partial charge in [0, 0.05) is 5.39 Å². The van der Waals surface area contributed by atoms with Gasteiger partial charge in [0.25, 0.3) is 5.91 Å². The zero-order valence-electron chi connectivity index (χ0n) is 11.7. The number of ether oxygens (including phenoxy) is 1. The van der Waals surface area contributed by atoms with Gasteiger partial charge in [-0.25, -0.2) is 0 Å². The number of rotatable bonds is 2. The number of para-hydroxylation sites is 1. The molecule has 1 atom stereocenters. The third kappa shape index (κ3) is 2.63. The second kappa shape index (κ2) is 5.20. The fourth-order valence-corrected chi connectivity index (χ4v) is 2.85. The summed E-state index contributed by atoms with van der Waals surface area (Å²) in [6, 6.07) is 9.66. The van der Waals surface area contributed by atoms with E-state index in [1.807, 2.05) is 44.2 Å². The number of benzene rings is 1. The van der Waals surface area contributed by atoms with Gasteiger partial charge in [0.2, 0.25) is 0 Å². The number of halogens is 2. The van der Waals surface area contributed by atoms with Crippen molar-refractivity contribution in [1.29, 1.82) is 0 Å². The van der Waals surface area contributed by atoms with Gasteiger partial charge in [-0.05, 0) is 26.0 Å². The van der Waals surface area contributed by atoms with Gasteiger partial charge in [-0.2, -0.15) is 0 Å². The molecule has 2 heterocycles. The normalized spacial score (nSPS) is 21.4. The molecule has 0 spiro atoms. The van der Waals surface area contributed by atoms with Crippen LogP contribution in [0.15, 0.2) is 34.7 Å². The van der Waals surface area contributed by atoms with Gasteiger partial charge >= 0.3 is 0 Å². The van der Waals surface area contributed by atoms with Gasteiger partial charge in [-0.3, -0.25) is 4.79 Å². The van der Waals surface area contributed by atoms with Crippen LogP contribution in [0.5, 0.6) is 0 Å². The summed E-state index contributed by atoms with van der Waals surface area (Å²) in [4.78, 5) is 12.5. The molecule has 1 unspecified atom stereocenters.